The third kappa shape index (κ3) is 5.38. The number of anilines is 2. The first-order chi connectivity index (χ1) is 16.0. The van der Waals surface area contributed by atoms with E-state index >= 15 is 0 Å². The van der Waals surface area contributed by atoms with Gasteiger partial charge in [-0.15, -0.1) is 10.2 Å². The molecule has 0 saturated heterocycles. The van der Waals surface area contributed by atoms with Crippen molar-refractivity contribution in [3.63, 3.8) is 0 Å². The lowest BCUT2D eigenvalue weighted by Gasteiger charge is -2.13. The Morgan fingerprint density at radius 3 is 2.48 bits per heavy atom. The average molecular weight is 453 g/mol. The fraction of sp³-hybridized carbons (Fsp3) is 0.208. The summed E-state index contributed by atoms with van der Waals surface area (Å²) in [6.07, 6.45) is 4.91. The number of halogens is 3. The molecule has 0 bridgehead atoms. The highest BCUT2D eigenvalue weighted by Gasteiger charge is 2.20. The molecule has 2 aromatic heterocycles. The van der Waals surface area contributed by atoms with E-state index in [1.54, 1.807) is 18.5 Å². The lowest BCUT2D eigenvalue weighted by Crippen LogP contribution is -2.16. The van der Waals surface area contributed by atoms with Crippen molar-refractivity contribution < 1.29 is 17.6 Å². The van der Waals surface area contributed by atoms with Crippen molar-refractivity contribution in [3.05, 3.63) is 89.3 Å². The van der Waals surface area contributed by atoms with Gasteiger partial charge in [-0.3, -0.25) is 4.98 Å². The summed E-state index contributed by atoms with van der Waals surface area (Å²) in [7, 11) is 0. The number of pyridine rings is 1. The molecule has 0 amide bonds. The average Bonchev–Trinajstić information content (AvgIpc) is 3.30. The van der Waals surface area contributed by atoms with Gasteiger partial charge in [-0.2, -0.15) is 0 Å². The zero-order valence-corrected chi connectivity index (χ0v) is 17.9. The molecule has 170 valence electrons. The highest BCUT2D eigenvalue weighted by Crippen LogP contribution is 2.34. The number of aryl methyl sites for hydroxylation is 1. The molecule has 0 spiro atoms. The maximum absolute atomic E-state index is 14.7. The molecule has 0 unspecified atom stereocenters. The van der Waals surface area contributed by atoms with Gasteiger partial charge in [0.05, 0.1) is 23.5 Å². The SMILES string of the molecule is CCc1ccc(Nc2c(-c3nnc(CNCCc4ccncc4)o3)ccc(F)c2F)c(F)c1. The lowest BCUT2D eigenvalue weighted by molar-refractivity contribution is 0.477. The number of hydrogen-bond acceptors (Lipinski definition) is 6. The summed E-state index contributed by atoms with van der Waals surface area (Å²) in [4.78, 5) is 3.98. The van der Waals surface area contributed by atoms with Gasteiger partial charge in [-0.25, -0.2) is 13.2 Å². The Kier molecular flexibility index (Phi) is 6.99. The van der Waals surface area contributed by atoms with E-state index in [1.807, 2.05) is 19.1 Å². The number of nitrogens with zero attached hydrogens (tertiary/aromatic N) is 3. The molecule has 0 fully saturated rings. The number of hydrogen-bond donors (Lipinski definition) is 2. The van der Waals surface area contributed by atoms with Gasteiger partial charge >= 0.3 is 0 Å². The molecule has 0 atom stereocenters. The number of rotatable bonds is 9. The van der Waals surface area contributed by atoms with Crippen LogP contribution in [0, 0.1) is 17.5 Å². The maximum atomic E-state index is 14.7. The van der Waals surface area contributed by atoms with Gasteiger partial charge in [0.2, 0.25) is 11.8 Å². The van der Waals surface area contributed by atoms with Gasteiger partial charge in [0, 0.05) is 12.4 Å². The molecule has 2 N–H and O–H groups in total. The molecule has 2 aromatic carbocycles. The standard InChI is InChI=1S/C24H22F3N5O/c1-2-15-3-6-20(19(26)13-15)30-23-17(4-5-18(25)22(23)27)24-32-31-21(33-24)14-29-12-9-16-7-10-28-11-8-16/h3-8,10-11,13,29-30H,2,9,12,14H2,1H3. The molecule has 0 saturated carbocycles. The molecule has 6 nitrogen and oxygen atoms in total. The predicted octanol–water partition coefficient (Wildman–Crippen LogP) is 5.19. The molecular formula is C24H22F3N5O. The Morgan fingerprint density at radius 1 is 0.909 bits per heavy atom. The first-order valence-corrected chi connectivity index (χ1v) is 10.5. The molecule has 0 aliphatic carbocycles. The van der Waals surface area contributed by atoms with E-state index in [1.165, 1.54) is 18.2 Å². The number of benzene rings is 2. The minimum atomic E-state index is -1.17. The number of aromatic nitrogens is 3. The van der Waals surface area contributed by atoms with Crippen LogP contribution < -0.4 is 10.6 Å². The van der Waals surface area contributed by atoms with Crippen molar-refractivity contribution in [1.29, 1.82) is 0 Å². The van der Waals surface area contributed by atoms with E-state index < -0.39 is 17.5 Å². The highest BCUT2D eigenvalue weighted by atomic mass is 19.2. The van der Waals surface area contributed by atoms with E-state index in [0.717, 1.165) is 23.6 Å². The van der Waals surface area contributed by atoms with Crippen LogP contribution in [0.25, 0.3) is 11.5 Å². The van der Waals surface area contributed by atoms with Gasteiger partial charge < -0.3 is 15.1 Å². The van der Waals surface area contributed by atoms with E-state index in [4.69, 9.17) is 4.42 Å². The topological polar surface area (TPSA) is 75.9 Å². The first-order valence-electron chi connectivity index (χ1n) is 10.5. The molecule has 4 rings (SSSR count). The zero-order valence-electron chi connectivity index (χ0n) is 17.9. The third-order valence-electron chi connectivity index (χ3n) is 5.11. The largest absolute Gasteiger partial charge is 0.419 e. The predicted molar refractivity (Wildman–Crippen MR) is 118 cm³/mol. The van der Waals surface area contributed by atoms with Crippen LogP contribution in [0.4, 0.5) is 24.5 Å². The van der Waals surface area contributed by atoms with Crippen LogP contribution in [0.5, 0.6) is 0 Å². The third-order valence-corrected chi connectivity index (χ3v) is 5.11. The van der Waals surface area contributed by atoms with Crippen LogP contribution >= 0.6 is 0 Å². The Morgan fingerprint density at radius 2 is 1.73 bits per heavy atom. The molecule has 0 aliphatic rings. The van der Waals surface area contributed by atoms with Crippen LogP contribution in [-0.4, -0.2) is 21.7 Å². The second-order valence-corrected chi connectivity index (χ2v) is 7.36. The summed E-state index contributed by atoms with van der Waals surface area (Å²) in [6.45, 7) is 2.87. The van der Waals surface area contributed by atoms with Crippen molar-refractivity contribution in [2.45, 2.75) is 26.3 Å². The monoisotopic (exact) mass is 453 g/mol. The summed E-state index contributed by atoms with van der Waals surface area (Å²) in [5.41, 5.74) is 1.79. The van der Waals surface area contributed by atoms with Crippen LogP contribution in [0.3, 0.4) is 0 Å². The first kappa shape index (κ1) is 22.5. The second-order valence-electron chi connectivity index (χ2n) is 7.36. The molecule has 9 heteroatoms. The van der Waals surface area contributed by atoms with Crippen molar-refractivity contribution in [2.24, 2.45) is 0 Å². The van der Waals surface area contributed by atoms with E-state index in [2.05, 4.69) is 25.8 Å². The van der Waals surface area contributed by atoms with Crippen molar-refractivity contribution in [1.82, 2.24) is 20.5 Å². The fourth-order valence-corrected chi connectivity index (χ4v) is 3.28. The van der Waals surface area contributed by atoms with Crippen molar-refractivity contribution in [2.75, 3.05) is 11.9 Å². The Labute approximate surface area is 188 Å². The van der Waals surface area contributed by atoms with Crippen molar-refractivity contribution >= 4 is 11.4 Å². The van der Waals surface area contributed by atoms with Gasteiger partial charge in [-0.05, 0) is 66.9 Å². The normalized spacial score (nSPS) is 11.0. The van der Waals surface area contributed by atoms with Gasteiger partial charge in [0.25, 0.3) is 0 Å². The van der Waals surface area contributed by atoms with Crippen LogP contribution in [-0.2, 0) is 19.4 Å². The minimum absolute atomic E-state index is 0.00656. The van der Waals surface area contributed by atoms with Crippen LogP contribution in [0.1, 0.15) is 23.9 Å². The summed E-state index contributed by atoms with van der Waals surface area (Å²) >= 11 is 0. The molecule has 33 heavy (non-hydrogen) atoms. The molecule has 2 heterocycles. The second kappa shape index (κ2) is 10.3. The fourth-order valence-electron chi connectivity index (χ4n) is 3.28. The summed E-state index contributed by atoms with van der Waals surface area (Å²) in [5, 5.41) is 13.8. The zero-order chi connectivity index (χ0) is 23.2. The van der Waals surface area contributed by atoms with E-state index in [9.17, 15) is 13.2 Å². The summed E-state index contributed by atoms with van der Waals surface area (Å²) in [6, 6.07) is 10.7. The van der Waals surface area contributed by atoms with Gasteiger partial charge in [0.15, 0.2) is 11.6 Å². The Bertz CT molecular complexity index is 1230. The van der Waals surface area contributed by atoms with E-state index in [0.29, 0.717) is 19.5 Å². The Balaban J connectivity index is 1.50. The summed E-state index contributed by atoms with van der Waals surface area (Å²) < 4.78 is 48.7. The van der Waals surface area contributed by atoms with Crippen LogP contribution in [0.15, 0.2) is 59.3 Å². The van der Waals surface area contributed by atoms with Gasteiger partial charge in [-0.1, -0.05) is 13.0 Å². The quantitative estimate of drug-likeness (QED) is 0.340. The number of nitrogens with one attached hydrogen (secondary N) is 2. The molecule has 0 radical (unpaired) electrons. The van der Waals surface area contributed by atoms with Gasteiger partial charge in [0.1, 0.15) is 5.82 Å². The minimum Gasteiger partial charge on any atom is -0.419 e. The smallest absolute Gasteiger partial charge is 0.250 e. The maximum Gasteiger partial charge on any atom is 0.250 e. The summed E-state index contributed by atoms with van der Waals surface area (Å²) in [5.74, 6) is -2.54. The molecular weight excluding hydrogens is 431 g/mol. The molecule has 0 aliphatic heterocycles. The highest BCUT2D eigenvalue weighted by molar-refractivity contribution is 5.77. The van der Waals surface area contributed by atoms with Crippen LogP contribution in [0.2, 0.25) is 0 Å². The van der Waals surface area contributed by atoms with Crippen molar-refractivity contribution in [3.8, 4) is 11.5 Å². The Hall–Kier alpha value is -3.72. The lowest BCUT2D eigenvalue weighted by atomic mass is 10.1. The molecule has 4 aromatic rings. The van der Waals surface area contributed by atoms with E-state index in [-0.39, 0.29) is 28.7 Å².